The Bertz CT molecular complexity index is 4820. The molecular formula is C87H90O16S4. The van der Waals surface area contributed by atoms with Gasteiger partial charge in [0.05, 0.1) is 26.0 Å². The second kappa shape index (κ2) is 36.4. The van der Waals surface area contributed by atoms with E-state index in [0.717, 1.165) is 48.0 Å². The van der Waals surface area contributed by atoms with E-state index in [-0.39, 0.29) is 60.4 Å². The Labute approximate surface area is 634 Å². The van der Waals surface area contributed by atoms with Gasteiger partial charge >= 0.3 is 17.9 Å². The smallest absolute Gasteiger partial charge is 0.316 e. The van der Waals surface area contributed by atoms with Gasteiger partial charge in [-0.3, -0.25) is 14.4 Å². The van der Waals surface area contributed by atoms with Crippen LogP contribution in [0, 0.1) is 16.2 Å². The van der Waals surface area contributed by atoms with Gasteiger partial charge in [0.1, 0.15) is 70.8 Å². The summed E-state index contributed by atoms with van der Waals surface area (Å²) in [5.74, 6) is 4.46. The molecule has 0 saturated heterocycles. The van der Waals surface area contributed by atoms with E-state index in [1.165, 1.54) is 77.4 Å². The van der Waals surface area contributed by atoms with Gasteiger partial charge in [-0.15, -0.1) is 0 Å². The van der Waals surface area contributed by atoms with Gasteiger partial charge in [-0.1, -0.05) is 151 Å². The van der Waals surface area contributed by atoms with Crippen molar-refractivity contribution in [3.8, 4) is 51.7 Å². The Kier molecular flexibility index (Phi) is 28.1. The first-order chi connectivity index (χ1) is 50.7. The fraction of sp³-hybridized carbons (Fsp3) is 0.230. The van der Waals surface area contributed by atoms with Crippen LogP contribution in [0.15, 0.2) is 306 Å². The van der Waals surface area contributed by atoms with Crippen LogP contribution in [0.1, 0.15) is 114 Å². The molecular weight excluding hydrogens is 1430 g/mol. The third-order valence-electron chi connectivity index (χ3n) is 18.2. The summed E-state index contributed by atoms with van der Waals surface area (Å²) < 4.78 is 92.9. The summed E-state index contributed by atoms with van der Waals surface area (Å²) >= 11 is 0. The fourth-order valence-corrected chi connectivity index (χ4v) is 15.2. The van der Waals surface area contributed by atoms with E-state index in [1.807, 2.05) is 109 Å². The third kappa shape index (κ3) is 22.4. The summed E-state index contributed by atoms with van der Waals surface area (Å²) in [4.78, 5) is 42.5. The van der Waals surface area contributed by atoms with E-state index in [1.54, 1.807) is 56.3 Å². The lowest BCUT2D eigenvalue weighted by molar-refractivity contribution is -0.144. The Morgan fingerprint density at radius 3 is 0.991 bits per heavy atom. The molecule has 0 aromatic heterocycles. The molecule has 11 aromatic rings. The van der Waals surface area contributed by atoms with Crippen molar-refractivity contribution in [3.05, 3.63) is 272 Å². The molecule has 16 nitrogen and oxygen atoms in total. The number of phenolic OH excluding ortho intramolecular Hbond substituents is 2. The van der Waals surface area contributed by atoms with Crippen LogP contribution in [-0.4, -0.2) is 54.1 Å². The Morgan fingerprint density at radius 1 is 0.355 bits per heavy atom. The SMILES string of the molecule is CCC(C)(C)C(=O)Oc1ccc(O)cc1.CCC(C)(C)C(=O)Oc1ccc(S(=O)(=O)[O-])cc1.CCC(C)(C)C(=O)Oc1ccc2cc(S(=O)(=O)[O-])ccc2c1.CCC(C)(C)c1ccc(O)cc1.c1ccc([S+]2c3ccccc3Oc3ccccc32)cc1.c1ccc([S+]2c3ccccc3Oc3ccccc32)cc1. The molecule has 13 rings (SSSR count). The lowest BCUT2D eigenvalue weighted by Crippen LogP contribution is -2.28. The molecule has 2 heterocycles. The highest BCUT2D eigenvalue weighted by Crippen LogP contribution is 2.48. The maximum absolute atomic E-state index is 12.0. The van der Waals surface area contributed by atoms with Crippen molar-refractivity contribution in [1.29, 1.82) is 0 Å². The van der Waals surface area contributed by atoms with Crippen molar-refractivity contribution in [2.75, 3.05) is 0 Å². The van der Waals surface area contributed by atoms with Gasteiger partial charge in [-0.25, -0.2) is 16.8 Å². The molecule has 11 aromatic carbocycles. The van der Waals surface area contributed by atoms with Gasteiger partial charge < -0.3 is 43.0 Å². The fourth-order valence-electron chi connectivity index (χ4n) is 9.80. The first-order valence-electron chi connectivity index (χ1n) is 34.8. The Balaban J connectivity index is 0.000000164. The molecule has 0 saturated carbocycles. The maximum atomic E-state index is 12.0. The molecule has 0 aliphatic carbocycles. The average molecular weight is 1520 g/mol. The minimum Gasteiger partial charge on any atom is -0.744 e. The number of aromatic hydroxyl groups is 2. The van der Waals surface area contributed by atoms with Crippen molar-refractivity contribution in [2.45, 2.75) is 153 Å². The quantitative estimate of drug-likeness (QED) is 0.0419. The molecule has 2 N–H and O–H groups in total. The molecule has 107 heavy (non-hydrogen) atoms. The maximum Gasteiger partial charge on any atom is 0.316 e. The summed E-state index contributed by atoms with van der Waals surface area (Å²) in [5, 5.41) is 19.4. The number of rotatable bonds is 15. The molecule has 2 aliphatic heterocycles. The topological polar surface area (TPSA) is 252 Å². The number of carbonyl (C=O) groups is 3. The van der Waals surface area contributed by atoms with E-state index in [9.17, 15) is 40.3 Å². The number of hydrogen-bond acceptors (Lipinski definition) is 16. The number of para-hydroxylation sites is 4. The Morgan fingerprint density at radius 2 is 0.645 bits per heavy atom. The number of esters is 3. The van der Waals surface area contributed by atoms with Gasteiger partial charge in [0, 0.05) is 0 Å². The van der Waals surface area contributed by atoms with E-state index in [0.29, 0.717) is 40.9 Å². The van der Waals surface area contributed by atoms with Crippen molar-refractivity contribution in [2.24, 2.45) is 16.2 Å². The zero-order valence-corrected chi connectivity index (χ0v) is 65.2. The second-order valence-corrected chi connectivity index (χ2v) is 34.1. The predicted octanol–water partition coefficient (Wildman–Crippen LogP) is 20.6. The monoisotopic (exact) mass is 1520 g/mol. The van der Waals surface area contributed by atoms with Crippen molar-refractivity contribution < 1.29 is 74.2 Å². The number of fused-ring (bicyclic) bond motifs is 5. The summed E-state index contributed by atoms with van der Waals surface area (Å²) in [6.07, 6.45) is 3.12. The van der Waals surface area contributed by atoms with Crippen molar-refractivity contribution in [3.63, 3.8) is 0 Å². The van der Waals surface area contributed by atoms with Gasteiger partial charge in [-0.05, 0) is 247 Å². The van der Waals surface area contributed by atoms with E-state index in [2.05, 4.69) is 130 Å². The molecule has 0 unspecified atom stereocenters. The molecule has 558 valence electrons. The molecule has 0 radical (unpaired) electrons. The highest BCUT2D eigenvalue weighted by molar-refractivity contribution is 7.97. The molecule has 0 bridgehead atoms. The molecule has 0 fully saturated rings. The summed E-state index contributed by atoms with van der Waals surface area (Å²) in [7, 11) is -9.12. The second-order valence-electron chi connectivity index (χ2n) is 27.4. The van der Waals surface area contributed by atoms with Crippen LogP contribution in [0.3, 0.4) is 0 Å². The number of ether oxygens (including phenoxy) is 5. The van der Waals surface area contributed by atoms with E-state index in [4.69, 9.17) is 33.9 Å². The first-order valence-corrected chi connectivity index (χ1v) is 40.1. The lowest BCUT2D eigenvalue weighted by atomic mass is 9.82. The summed E-state index contributed by atoms with van der Waals surface area (Å²) in [6, 6.07) is 81.9. The zero-order valence-electron chi connectivity index (χ0n) is 62.0. The zero-order chi connectivity index (χ0) is 77.9. The molecule has 0 amide bonds. The molecule has 0 spiro atoms. The highest BCUT2D eigenvalue weighted by atomic mass is 32.2. The van der Waals surface area contributed by atoms with Crippen LogP contribution in [0.5, 0.6) is 51.7 Å². The van der Waals surface area contributed by atoms with Crippen molar-refractivity contribution in [1.82, 2.24) is 0 Å². The summed E-state index contributed by atoms with van der Waals surface area (Å²) in [6.45, 7) is 23.1. The first kappa shape index (κ1) is 82.5. The highest BCUT2D eigenvalue weighted by Gasteiger charge is 2.40. The average Bonchev–Trinajstić information content (AvgIpc) is 0.769. The van der Waals surface area contributed by atoms with Crippen LogP contribution in [0.25, 0.3) is 10.8 Å². The number of phenols is 2. The standard InChI is InChI=1S/2C18H13OS.C16H18O5S.C12H16O5S.C12H16O3.C11H16O/c2*1-2-8-14(9-3-1)20-17-12-6-4-10-15(17)19-16-11-5-7-13-18(16)20;1-4-16(2,3)15(17)21-13-7-5-12-10-14(22(18,19)20)8-6-11(12)9-13;1-4-12(2,3)11(13)17-9-5-7-10(8-6-9)18(14,15)16;1-4-12(2,3)11(14)15-10-7-5-9(13)6-8-10;1-4-11(2,3)9-5-7-10(12)8-6-9/h2*1-13H;5-10H,4H2,1-3H3,(H,18,19,20);5-8H,4H2,1-3H3,(H,14,15,16);5-8,13H,4H2,1-3H3;5-8,12H,4H2,1-3H3/q2*+1;;;;/p-2. The minimum absolute atomic E-state index is 0.0829. The van der Waals surface area contributed by atoms with Crippen molar-refractivity contribution >= 4 is 70.7 Å². The van der Waals surface area contributed by atoms with E-state index >= 15 is 0 Å². The third-order valence-corrected chi connectivity index (χ3v) is 24.4. The normalized spacial score (nSPS) is 12.4. The number of hydrogen-bond donors (Lipinski definition) is 2. The van der Waals surface area contributed by atoms with Crippen LogP contribution >= 0.6 is 0 Å². The van der Waals surface area contributed by atoms with Crippen LogP contribution in [0.2, 0.25) is 0 Å². The number of carbonyl (C=O) groups excluding carboxylic acids is 3. The lowest BCUT2D eigenvalue weighted by Gasteiger charge is -2.22. The van der Waals surface area contributed by atoms with Gasteiger partial charge in [0.15, 0.2) is 32.8 Å². The van der Waals surface area contributed by atoms with E-state index < -0.39 is 42.5 Å². The van der Waals surface area contributed by atoms with Gasteiger partial charge in [0.2, 0.25) is 19.6 Å². The largest absolute Gasteiger partial charge is 0.744 e. The van der Waals surface area contributed by atoms with Crippen LogP contribution < -0.4 is 23.7 Å². The molecule has 0 atom stereocenters. The van der Waals surface area contributed by atoms with Gasteiger partial charge in [0.25, 0.3) is 0 Å². The number of benzene rings is 11. The van der Waals surface area contributed by atoms with Crippen LogP contribution in [-0.2, 0) is 61.8 Å². The summed E-state index contributed by atoms with van der Waals surface area (Å²) in [5.41, 5.74) is -0.160. The van der Waals surface area contributed by atoms with Crippen LogP contribution in [0.4, 0.5) is 0 Å². The minimum atomic E-state index is -4.48. The molecule has 20 heteroatoms. The van der Waals surface area contributed by atoms with Gasteiger partial charge in [-0.2, -0.15) is 0 Å². The predicted molar refractivity (Wildman–Crippen MR) is 418 cm³/mol. The Hall–Kier alpha value is -10.2. The molecule has 2 aliphatic rings.